The second kappa shape index (κ2) is 6.10. The first kappa shape index (κ1) is 16.0. The van der Waals surface area contributed by atoms with Crippen LogP contribution in [0.5, 0.6) is 0 Å². The summed E-state index contributed by atoms with van der Waals surface area (Å²) in [7, 11) is 0. The molecule has 2 heterocycles. The number of benzene rings is 1. The maximum absolute atomic E-state index is 14.4. The molecule has 5 nitrogen and oxygen atoms in total. The van der Waals surface area contributed by atoms with Gasteiger partial charge in [0.15, 0.2) is 0 Å². The highest BCUT2D eigenvalue weighted by molar-refractivity contribution is 5.93. The number of nitrogens with zero attached hydrogens (tertiary/aromatic N) is 1. The van der Waals surface area contributed by atoms with Gasteiger partial charge in [0, 0.05) is 30.3 Å². The van der Waals surface area contributed by atoms with E-state index in [4.69, 9.17) is 5.21 Å². The predicted octanol–water partition coefficient (Wildman–Crippen LogP) is 1.83. The number of carbonyl (C=O) groups excluding carboxylic acids is 1. The number of piperidine rings is 1. The minimum absolute atomic E-state index is 0.180. The predicted molar refractivity (Wildman–Crippen MR) is 87.3 cm³/mol. The third kappa shape index (κ3) is 2.72. The van der Waals surface area contributed by atoms with Gasteiger partial charge in [-0.25, -0.2) is 9.87 Å². The van der Waals surface area contributed by atoms with Crippen LogP contribution in [-0.2, 0) is 13.0 Å². The molecule has 1 spiro atoms. The summed E-state index contributed by atoms with van der Waals surface area (Å²) in [5.74, 6) is -1.00. The van der Waals surface area contributed by atoms with Crippen LogP contribution >= 0.6 is 0 Å². The number of rotatable bonds is 2. The van der Waals surface area contributed by atoms with E-state index in [2.05, 4.69) is 10.2 Å². The molecular weight excluding hydrogens is 309 g/mol. The summed E-state index contributed by atoms with van der Waals surface area (Å²) in [4.78, 5) is 13.9. The number of fused-ring (bicyclic) bond motifs is 1. The Morgan fingerprint density at radius 2 is 2.08 bits per heavy atom. The molecule has 1 amide bonds. The number of hydrogen-bond acceptors (Lipinski definition) is 4. The zero-order valence-corrected chi connectivity index (χ0v) is 13.8. The van der Waals surface area contributed by atoms with E-state index >= 15 is 0 Å². The van der Waals surface area contributed by atoms with Crippen LogP contribution in [0.3, 0.4) is 0 Å². The third-order valence-corrected chi connectivity index (χ3v) is 6.20. The van der Waals surface area contributed by atoms with Gasteiger partial charge < -0.3 is 5.32 Å². The van der Waals surface area contributed by atoms with Gasteiger partial charge in [-0.15, -0.1) is 0 Å². The first-order valence-corrected chi connectivity index (χ1v) is 8.81. The van der Waals surface area contributed by atoms with Gasteiger partial charge in [-0.3, -0.25) is 14.9 Å². The maximum Gasteiger partial charge on any atom is 0.274 e. The molecule has 130 valence electrons. The van der Waals surface area contributed by atoms with Crippen LogP contribution in [0, 0.1) is 11.2 Å². The molecule has 4 rings (SSSR count). The Hall–Kier alpha value is -1.50. The fourth-order valence-electron chi connectivity index (χ4n) is 4.71. The summed E-state index contributed by atoms with van der Waals surface area (Å²) in [6.45, 7) is 3.79. The van der Waals surface area contributed by atoms with E-state index in [1.165, 1.54) is 31.7 Å². The van der Waals surface area contributed by atoms with Crippen molar-refractivity contribution in [2.24, 2.45) is 5.41 Å². The van der Waals surface area contributed by atoms with Crippen molar-refractivity contribution in [1.29, 1.82) is 0 Å². The van der Waals surface area contributed by atoms with Gasteiger partial charge in [-0.2, -0.15) is 0 Å². The second-order valence-electron chi connectivity index (χ2n) is 7.57. The Balaban J connectivity index is 1.46. The van der Waals surface area contributed by atoms with Crippen LogP contribution in [-0.4, -0.2) is 41.7 Å². The Morgan fingerprint density at radius 1 is 1.33 bits per heavy atom. The molecule has 1 saturated carbocycles. The van der Waals surface area contributed by atoms with Crippen molar-refractivity contribution in [1.82, 2.24) is 15.7 Å². The van der Waals surface area contributed by atoms with E-state index < -0.39 is 5.91 Å². The highest BCUT2D eigenvalue weighted by Crippen LogP contribution is 2.50. The highest BCUT2D eigenvalue weighted by Gasteiger charge is 2.47. The molecule has 1 aliphatic carbocycles. The Labute approximate surface area is 141 Å². The number of amides is 1. The lowest BCUT2D eigenvalue weighted by Crippen LogP contribution is -2.55. The standard InChI is InChI=1S/C18H24FN3O2/c19-16-8-13(17(23)21-24)7-12-1-6-22(11-15(12)16)14-9-18(10-14)2-4-20-5-3-18/h7-8,14,20,24H,1-6,9-11H2,(H,21,23). The van der Waals surface area contributed by atoms with E-state index in [1.807, 2.05) is 0 Å². The van der Waals surface area contributed by atoms with Crippen LogP contribution < -0.4 is 10.8 Å². The van der Waals surface area contributed by atoms with Crippen molar-refractivity contribution >= 4 is 5.91 Å². The first-order chi connectivity index (χ1) is 11.6. The SMILES string of the molecule is O=C(NO)c1cc(F)c2c(c1)CCN(C1CC3(CCNCC3)C1)C2. The minimum atomic E-state index is -0.661. The fraction of sp³-hybridized carbons (Fsp3) is 0.611. The average molecular weight is 333 g/mol. The topological polar surface area (TPSA) is 64.6 Å². The van der Waals surface area contributed by atoms with Crippen molar-refractivity contribution in [2.75, 3.05) is 19.6 Å². The second-order valence-corrected chi connectivity index (χ2v) is 7.57. The molecule has 3 aliphatic rings. The van der Waals surface area contributed by atoms with Gasteiger partial charge in [0.1, 0.15) is 5.82 Å². The van der Waals surface area contributed by atoms with Gasteiger partial charge in [0.2, 0.25) is 0 Å². The van der Waals surface area contributed by atoms with Gasteiger partial charge in [0.05, 0.1) is 0 Å². The van der Waals surface area contributed by atoms with Gasteiger partial charge >= 0.3 is 0 Å². The van der Waals surface area contributed by atoms with Gasteiger partial charge in [-0.05, 0) is 68.3 Å². The molecule has 1 saturated heterocycles. The number of hydroxylamine groups is 1. The fourth-order valence-corrected chi connectivity index (χ4v) is 4.71. The molecule has 2 fully saturated rings. The molecule has 0 radical (unpaired) electrons. The largest absolute Gasteiger partial charge is 0.317 e. The Bertz CT molecular complexity index is 650. The normalized spacial score (nSPS) is 23.6. The highest BCUT2D eigenvalue weighted by atomic mass is 19.1. The van der Waals surface area contributed by atoms with Gasteiger partial charge in [-0.1, -0.05) is 0 Å². The smallest absolute Gasteiger partial charge is 0.274 e. The quantitative estimate of drug-likeness (QED) is 0.571. The summed E-state index contributed by atoms with van der Waals surface area (Å²) in [5.41, 5.74) is 3.88. The van der Waals surface area contributed by atoms with Crippen LogP contribution in [0.1, 0.15) is 47.2 Å². The summed E-state index contributed by atoms with van der Waals surface area (Å²) < 4.78 is 14.4. The Morgan fingerprint density at radius 3 is 2.79 bits per heavy atom. The lowest BCUT2D eigenvalue weighted by molar-refractivity contribution is -0.0267. The lowest BCUT2D eigenvalue weighted by atomic mass is 9.60. The van der Waals surface area contributed by atoms with Crippen molar-refractivity contribution < 1.29 is 14.4 Å². The summed E-state index contributed by atoms with van der Waals surface area (Å²) in [6, 6.07) is 3.50. The van der Waals surface area contributed by atoms with Crippen LogP contribution in [0.2, 0.25) is 0 Å². The molecule has 24 heavy (non-hydrogen) atoms. The number of hydrogen-bond donors (Lipinski definition) is 3. The van der Waals surface area contributed by atoms with E-state index in [9.17, 15) is 9.18 Å². The van der Waals surface area contributed by atoms with Crippen molar-refractivity contribution in [2.45, 2.75) is 44.7 Å². The number of carbonyl (C=O) groups is 1. The molecule has 3 N–H and O–H groups in total. The van der Waals surface area contributed by atoms with Gasteiger partial charge in [0.25, 0.3) is 5.91 Å². The van der Waals surface area contributed by atoms with Crippen LogP contribution in [0.4, 0.5) is 4.39 Å². The van der Waals surface area contributed by atoms with E-state index in [0.29, 0.717) is 23.6 Å². The Kier molecular flexibility index (Phi) is 4.06. The van der Waals surface area contributed by atoms with Crippen molar-refractivity contribution in [3.63, 3.8) is 0 Å². The summed E-state index contributed by atoms with van der Waals surface area (Å²) in [5, 5.41) is 12.2. The maximum atomic E-state index is 14.4. The van der Waals surface area contributed by atoms with Crippen molar-refractivity contribution in [3.05, 3.63) is 34.6 Å². The zero-order valence-electron chi connectivity index (χ0n) is 13.8. The van der Waals surface area contributed by atoms with E-state index in [-0.39, 0.29) is 11.4 Å². The van der Waals surface area contributed by atoms with Crippen LogP contribution in [0.25, 0.3) is 0 Å². The first-order valence-electron chi connectivity index (χ1n) is 8.81. The molecule has 1 aromatic carbocycles. The molecular formula is C18H24FN3O2. The molecule has 2 aliphatic heterocycles. The van der Waals surface area contributed by atoms with Crippen molar-refractivity contribution in [3.8, 4) is 0 Å². The molecule has 0 bridgehead atoms. The number of halogens is 1. The zero-order chi connectivity index (χ0) is 16.7. The monoisotopic (exact) mass is 333 g/mol. The number of nitrogens with one attached hydrogen (secondary N) is 2. The molecule has 1 aromatic rings. The van der Waals surface area contributed by atoms with Crippen LogP contribution in [0.15, 0.2) is 12.1 Å². The molecule has 0 aromatic heterocycles. The van der Waals surface area contributed by atoms with E-state index in [1.54, 1.807) is 11.5 Å². The molecule has 0 atom stereocenters. The third-order valence-electron chi connectivity index (χ3n) is 6.20. The summed E-state index contributed by atoms with van der Waals surface area (Å²) >= 11 is 0. The van der Waals surface area contributed by atoms with E-state index in [0.717, 1.165) is 31.6 Å². The molecule has 6 heteroatoms. The average Bonchev–Trinajstić information content (AvgIpc) is 2.59. The molecule has 0 unspecified atom stereocenters. The lowest BCUT2D eigenvalue weighted by Gasteiger charge is -2.54. The summed E-state index contributed by atoms with van der Waals surface area (Å²) in [6.07, 6.45) is 5.75. The minimum Gasteiger partial charge on any atom is -0.317 e.